The van der Waals surface area contributed by atoms with E-state index in [4.69, 9.17) is 4.74 Å². The van der Waals surface area contributed by atoms with E-state index in [1.807, 2.05) is 25.1 Å². The van der Waals surface area contributed by atoms with Crippen LogP contribution >= 0.6 is 0 Å². The molecule has 0 saturated carbocycles. The van der Waals surface area contributed by atoms with Crippen LogP contribution in [-0.2, 0) is 6.18 Å². The van der Waals surface area contributed by atoms with Crippen molar-refractivity contribution in [2.45, 2.75) is 26.1 Å². The van der Waals surface area contributed by atoms with Crippen molar-refractivity contribution in [3.8, 4) is 5.75 Å². The van der Waals surface area contributed by atoms with Gasteiger partial charge in [-0.15, -0.1) is 0 Å². The molecule has 0 spiro atoms. The smallest absolute Gasteiger partial charge is 0.418 e. The molecule has 0 bridgehead atoms. The van der Waals surface area contributed by atoms with Crippen LogP contribution in [0.1, 0.15) is 28.4 Å². The van der Waals surface area contributed by atoms with E-state index in [0.717, 1.165) is 17.8 Å². The van der Waals surface area contributed by atoms with Crippen molar-refractivity contribution in [3.63, 3.8) is 0 Å². The van der Waals surface area contributed by atoms with Crippen molar-refractivity contribution < 1.29 is 22.7 Å². The normalized spacial score (nSPS) is 12.5. The van der Waals surface area contributed by atoms with E-state index in [1.54, 1.807) is 13.0 Å². The molecule has 2 rings (SSSR count). The first kappa shape index (κ1) is 17.8. The first-order valence-corrected chi connectivity index (χ1v) is 7.29. The van der Waals surface area contributed by atoms with Crippen LogP contribution in [0.4, 0.5) is 13.2 Å². The van der Waals surface area contributed by atoms with Gasteiger partial charge in [0.05, 0.1) is 17.2 Å². The molecule has 0 saturated heterocycles. The summed E-state index contributed by atoms with van der Waals surface area (Å²) in [6.07, 6.45) is -2.84. The van der Waals surface area contributed by atoms with Gasteiger partial charge in [0.25, 0.3) is 5.91 Å². The van der Waals surface area contributed by atoms with Gasteiger partial charge in [-0.05, 0) is 37.6 Å². The number of rotatable bonds is 5. The number of nitrogens with one attached hydrogen (secondary N) is 1. The SMILES string of the molecule is Cc1cccc(OC[C@@H](C)NC(=O)c2ccncc2C(F)(F)F)c1. The van der Waals surface area contributed by atoms with Crippen molar-refractivity contribution in [3.05, 3.63) is 59.4 Å². The summed E-state index contributed by atoms with van der Waals surface area (Å²) in [6, 6.07) is 7.94. The lowest BCUT2D eigenvalue weighted by Gasteiger charge is -2.17. The van der Waals surface area contributed by atoms with Crippen LogP contribution < -0.4 is 10.1 Å². The minimum atomic E-state index is -4.64. The molecule has 24 heavy (non-hydrogen) atoms. The molecule has 7 heteroatoms. The zero-order chi connectivity index (χ0) is 17.7. The molecular weight excluding hydrogens is 321 g/mol. The third kappa shape index (κ3) is 4.71. The molecule has 0 aliphatic rings. The molecule has 1 atom stereocenters. The third-order valence-electron chi connectivity index (χ3n) is 3.24. The number of aryl methyl sites for hydroxylation is 1. The summed E-state index contributed by atoms with van der Waals surface area (Å²) in [5.74, 6) is -0.180. The molecular formula is C17H17F3N2O2. The highest BCUT2D eigenvalue weighted by atomic mass is 19.4. The van der Waals surface area contributed by atoms with Crippen LogP contribution in [0.3, 0.4) is 0 Å². The lowest BCUT2D eigenvalue weighted by Crippen LogP contribution is -2.37. The van der Waals surface area contributed by atoms with Gasteiger partial charge in [-0.3, -0.25) is 9.78 Å². The summed E-state index contributed by atoms with van der Waals surface area (Å²) in [4.78, 5) is 15.5. The van der Waals surface area contributed by atoms with Crippen LogP contribution in [-0.4, -0.2) is 23.5 Å². The highest BCUT2D eigenvalue weighted by Crippen LogP contribution is 2.31. The van der Waals surface area contributed by atoms with Gasteiger partial charge in [0.1, 0.15) is 12.4 Å². The van der Waals surface area contributed by atoms with Crippen LogP contribution in [0.25, 0.3) is 0 Å². The van der Waals surface area contributed by atoms with Crippen LogP contribution in [0, 0.1) is 6.92 Å². The molecule has 0 aliphatic heterocycles. The van der Waals surface area contributed by atoms with Crippen molar-refractivity contribution in [2.75, 3.05) is 6.61 Å². The Morgan fingerprint density at radius 1 is 1.33 bits per heavy atom. The second kappa shape index (κ2) is 7.33. The number of hydrogen-bond donors (Lipinski definition) is 1. The van der Waals surface area contributed by atoms with Gasteiger partial charge >= 0.3 is 6.18 Å². The summed E-state index contributed by atoms with van der Waals surface area (Å²) < 4.78 is 44.3. The van der Waals surface area contributed by atoms with E-state index >= 15 is 0 Å². The highest BCUT2D eigenvalue weighted by molar-refractivity contribution is 5.95. The summed E-state index contributed by atoms with van der Waals surface area (Å²) in [5, 5.41) is 2.50. The van der Waals surface area contributed by atoms with Crippen molar-refractivity contribution in [1.82, 2.24) is 10.3 Å². The predicted octanol–water partition coefficient (Wildman–Crippen LogP) is 3.61. The fraction of sp³-hybridized carbons (Fsp3) is 0.294. The van der Waals surface area contributed by atoms with Crippen molar-refractivity contribution in [1.29, 1.82) is 0 Å². The zero-order valence-corrected chi connectivity index (χ0v) is 13.2. The van der Waals surface area contributed by atoms with Crippen LogP contribution in [0.5, 0.6) is 5.75 Å². The minimum absolute atomic E-state index is 0.141. The van der Waals surface area contributed by atoms with E-state index in [1.165, 1.54) is 0 Å². The molecule has 1 aromatic carbocycles. The summed E-state index contributed by atoms with van der Waals surface area (Å²) >= 11 is 0. The maximum atomic E-state index is 12.9. The molecule has 0 fully saturated rings. The molecule has 0 aliphatic carbocycles. The zero-order valence-electron chi connectivity index (χ0n) is 13.2. The average Bonchev–Trinajstić information content (AvgIpc) is 2.52. The Morgan fingerprint density at radius 2 is 2.08 bits per heavy atom. The monoisotopic (exact) mass is 338 g/mol. The highest BCUT2D eigenvalue weighted by Gasteiger charge is 2.35. The Morgan fingerprint density at radius 3 is 2.75 bits per heavy atom. The van der Waals surface area contributed by atoms with Gasteiger partial charge in [0.2, 0.25) is 0 Å². The number of carbonyl (C=O) groups excluding carboxylic acids is 1. The Kier molecular flexibility index (Phi) is 5.43. The molecule has 128 valence electrons. The van der Waals surface area contributed by atoms with Crippen molar-refractivity contribution >= 4 is 5.91 Å². The third-order valence-corrected chi connectivity index (χ3v) is 3.24. The molecule has 0 radical (unpaired) electrons. The van der Waals surface area contributed by atoms with E-state index in [0.29, 0.717) is 11.9 Å². The summed E-state index contributed by atoms with van der Waals surface area (Å²) in [7, 11) is 0. The quantitative estimate of drug-likeness (QED) is 0.906. The Hall–Kier alpha value is -2.57. The van der Waals surface area contributed by atoms with Crippen LogP contribution in [0.15, 0.2) is 42.7 Å². The van der Waals surface area contributed by atoms with Gasteiger partial charge in [-0.2, -0.15) is 13.2 Å². The number of ether oxygens (including phenoxy) is 1. The Balaban J connectivity index is 1.99. The van der Waals surface area contributed by atoms with Gasteiger partial charge in [-0.1, -0.05) is 12.1 Å². The van der Waals surface area contributed by atoms with Crippen LogP contribution in [0.2, 0.25) is 0 Å². The largest absolute Gasteiger partial charge is 0.491 e. The maximum absolute atomic E-state index is 12.9. The lowest BCUT2D eigenvalue weighted by atomic mass is 10.1. The van der Waals surface area contributed by atoms with E-state index in [-0.39, 0.29) is 6.61 Å². The number of alkyl halides is 3. The number of benzene rings is 1. The van der Waals surface area contributed by atoms with E-state index < -0.39 is 29.3 Å². The number of amides is 1. The number of hydrogen-bond acceptors (Lipinski definition) is 3. The molecule has 0 unspecified atom stereocenters. The first-order chi connectivity index (χ1) is 11.3. The number of aromatic nitrogens is 1. The number of pyridine rings is 1. The predicted molar refractivity (Wildman–Crippen MR) is 82.8 cm³/mol. The summed E-state index contributed by atoms with van der Waals surface area (Å²) in [5.41, 5.74) is -0.495. The summed E-state index contributed by atoms with van der Waals surface area (Å²) in [6.45, 7) is 3.71. The topological polar surface area (TPSA) is 51.2 Å². The molecule has 1 aromatic heterocycles. The lowest BCUT2D eigenvalue weighted by molar-refractivity contribution is -0.138. The van der Waals surface area contributed by atoms with E-state index in [2.05, 4.69) is 10.3 Å². The first-order valence-electron chi connectivity index (χ1n) is 7.29. The Bertz CT molecular complexity index is 717. The fourth-order valence-electron chi connectivity index (χ4n) is 2.09. The van der Waals surface area contributed by atoms with Crippen molar-refractivity contribution in [2.24, 2.45) is 0 Å². The van der Waals surface area contributed by atoms with Gasteiger partial charge < -0.3 is 10.1 Å². The minimum Gasteiger partial charge on any atom is -0.491 e. The van der Waals surface area contributed by atoms with Gasteiger partial charge in [0, 0.05) is 12.4 Å². The standard InChI is InChI=1S/C17H17F3N2O2/c1-11-4-3-5-13(8-11)24-10-12(2)22-16(23)14-6-7-21-9-15(14)17(18,19)20/h3-9,12H,10H2,1-2H3,(H,22,23)/t12-/m1/s1. The molecule has 1 heterocycles. The molecule has 2 aromatic rings. The molecule has 1 N–H and O–H groups in total. The second-order valence-electron chi connectivity index (χ2n) is 5.42. The number of halogens is 3. The fourth-order valence-corrected chi connectivity index (χ4v) is 2.09. The molecule has 4 nitrogen and oxygen atoms in total. The van der Waals surface area contributed by atoms with Gasteiger partial charge in [-0.25, -0.2) is 0 Å². The van der Waals surface area contributed by atoms with Gasteiger partial charge in [0.15, 0.2) is 0 Å². The number of nitrogens with zero attached hydrogens (tertiary/aromatic N) is 1. The molecule has 1 amide bonds. The second-order valence-corrected chi connectivity index (χ2v) is 5.42. The maximum Gasteiger partial charge on any atom is 0.418 e. The van der Waals surface area contributed by atoms with E-state index in [9.17, 15) is 18.0 Å². The Labute approximate surface area is 137 Å². The number of carbonyl (C=O) groups is 1. The average molecular weight is 338 g/mol.